The van der Waals surface area contributed by atoms with Crippen LogP contribution in [0.5, 0.6) is 5.75 Å². The van der Waals surface area contributed by atoms with Gasteiger partial charge in [0.15, 0.2) is 0 Å². The highest BCUT2D eigenvalue weighted by Crippen LogP contribution is 2.34. The van der Waals surface area contributed by atoms with Gasteiger partial charge >= 0.3 is 0 Å². The molecule has 1 aromatic carbocycles. The van der Waals surface area contributed by atoms with Crippen LogP contribution < -0.4 is 10.1 Å². The molecule has 0 aromatic heterocycles. The Morgan fingerprint density at radius 3 is 2.43 bits per heavy atom. The molecule has 0 amide bonds. The van der Waals surface area contributed by atoms with Gasteiger partial charge in [0.05, 0.1) is 11.0 Å². The van der Waals surface area contributed by atoms with E-state index >= 15 is 0 Å². The summed E-state index contributed by atoms with van der Waals surface area (Å²) in [5, 5.41) is 3.34. The second-order valence-corrected chi connectivity index (χ2v) is 8.19. The van der Waals surface area contributed by atoms with Gasteiger partial charge in [-0.3, -0.25) is 0 Å². The van der Waals surface area contributed by atoms with Crippen LogP contribution in [-0.2, 0) is 10.0 Å². The number of hydrogen-bond donors (Lipinski definition) is 1. The molecular weight excluding hydrogens is 336 g/mol. The molecule has 2 unspecified atom stereocenters. The smallest absolute Gasteiger partial charge is 0.243 e. The van der Waals surface area contributed by atoms with Gasteiger partial charge in [0.2, 0.25) is 10.0 Å². The molecule has 23 heavy (non-hydrogen) atoms. The Bertz CT molecular complexity index is 605. The van der Waals surface area contributed by atoms with Gasteiger partial charge in [0.25, 0.3) is 0 Å². The second kappa shape index (κ2) is 7.38. The van der Waals surface area contributed by atoms with Crippen LogP contribution in [0.1, 0.15) is 33.1 Å². The zero-order valence-corrected chi connectivity index (χ0v) is 15.2. The summed E-state index contributed by atoms with van der Waals surface area (Å²) in [6.07, 6.45) is 2.89. The number of hydrogen-bond acceptors (Lipinski definition) is 4. The van der Waals surface area contributed by atoms with Gasteiger partial charge in [-0.1, -0.05) is 0 Å². The fraction of sp³-hybridized carbons (Fsp3) is 0.625. The lowest BCUT2D eigenvalue weighted by molar-refractivity contribution is 0.242. The van der Waals surface area contributed by atoms with E-state index in [2.05, 4.69) is 5.32 Å². The van der Waals surface area contributed by atoms with Crippen molar-refractivity contribution in [1.82, 2.24) is 9.62 Å². The van der Waals surface area contributed by atoms with Crippen LogP contribution >= 0.6 is 12.4 Å². The SMILES string of the molecule is CC(C)Oc1ccc(S(=O)(=O)N2C3CCNCC2CC3)cc1.Cl. The molecule has 0 spiro atoms. The highest BCUT2D eigenvalue weighted by molar-refractivity contribution is 7.89. The maximum absolute atomic E-state index is 13.0. The van der Waals surface area contributed by atoms with Crippen molar-refractivity contribution in [3.63, 3.8) is 0 Å². The molecule has 2 aliphatic rings. The fourth-order valence-corrected chi connectivity index (χ4v) is 5.31. The molecule has 0 radical (unpaired) electrons. The maximum Gasteiger partial charge on any atom is 0.243 e. The topological polar surface area (TPSA) is 58.6 Å². The molecule has 130 valence electrons. The molecule has 2 heterocycles. The highest BCUT2D eigenvalue weighted by atomic mass is 35.5. The second-order valence-electron chi connectivity index (χ2n) is 6.35. The number of rotatable bonds is 4. The number of halogens is 1. The Kier molecular flexibility index (Phi) is 5.94. The summed E-state index contributed by atoms with van der Waals surface area (Å²) >= 11 is 0. The van der Waals surface area contributed by atoms with Gasteiger partial charge in [0.1, 0.15) is 5.75 Å². The first-order valence-corrected chi connectivity index (χ1v) is 9.43. The van der Waals surface area contributed by atoms with Crippen molar-refractivity contribution in [1.29, 1.82) is 0 Å². The normalized spacial score (nSPS) is 25.0. The van der Waals surface area contributed by atoms with E-state index in [0.29, 0.717) is 10.6 Å². The highest BCUT2D eigenvalue weighted by Gasteiger charge is 2.42. The lowest BCUT2D eigenvalue weighted by Crippen LogP contribution is -2.42. The van der Waals surface area contributed by atoms with Gasteiger partial charge in [-0.2, -0.15) is 4.31 Å². The minimum Gasteiger partial charge on any atom is -0.491 e. The predicted octanol–water partition coefficient (Wildman–Crippen LogP) is 2.41. The van der Waals surface area contributed by atoms with Crippen LogP contribution in [-0.4, -0.2) is 44.0 Å². The van der Waals surface area contributed by atoms with E-state index in [4.69, 9.17) is 4.74 Å². The molecule has 2 fully saturated rings. The molecule has 0 saturated carbocycles. The van der Waals surface area contributed by atoms with Crippen LogP contribution in [0.15, 0.2) is 29.2 Å². The van der Waals surface area contributed by atoms with Crippen molar-refractivity contribution >= 4 is 22.4 Å². The van der Waals surface area contributed by atoms with Gasteiger partial charge in [-0.15, -0.1) is 12.4 Å². The zero-order valence-electron chi connectivity index (χ0n) is 13.6. The number of fused-ring (bicyclic) bond motifs is 2. The summed E-state index contributed by atoms with van der Waals surface area (Å²) in [5.74, 6) is 0.703. The van der Waals surface area contributed by atoms with E-state index in [-0.39, 0.29) is 30.6 Å². The summed E-state index contributed by atoms with van der Waals surface area (Å²) < 4.78 is 33.3. The van der Waals surface area contributed by atoms with Crippen molar-refractivity contribution < 1.29 is 13.2 Å². The molecule has 0 aliphatic carbocycles. The third-order valence-electron chi connectivity index (χ3n) is 4.36. The van der Waals surface area contributed by atoms with Gasteiger partial charge < -0.3 is 10.1 Å². The Morgan fingerprint density at radius 1 is 1.13 bits per heavy atom. The minimum absolute atomic E-state index is 0. The molecule has 5 nitrogen and oxygen atoms in total. The van der Waals surface area contributed by atoms with Crippen LogP contribution in [0.2, 0.25) is 0 Å². The van der Waals surface area contributed by atoms with E-state index in [1.165, 1.54) is 0 Å². The third-order valence-corrected chi connectivity index (χ3v) is 6.38. The fourth-order valence-electron chi connectivity index (χ4n) is 3.41. The van der Waals surface area contributed by atoms with E-state index in [1.807, 2.05) is 13.8 Å². The Morgan fingerprint density at radius 2 is 1.78 bits per heavy atom. The number of ether oxygens (including phenoxy) is 1. The number of nitrogens with one attached hydrogen (secondary N) is 1. The van der Waals surface area contributed by atoms with E-state index in [1.54, 1.807) is 28.6 Å². The molecule has 2 bridgehead atoms. The molecule has 3 rings (SSSR count). The standard InChI is InChI=1S/C16H24N2O3S.ClH/c1-12(2)21-15-5-7-16(8-6-15)22(19,20)18-13-3-4-14(18)11-17-10-9-13;/h5-8,12-14,17H,3-4,9-11H2,1-2H3;1H. The average molecular weight is 361 g/mol. The van der Waals surface area contributed by atoms with Crippen molar-refractivity contribution in [3.05, 3.63) is 24.3 Å². The Labute approximate surface area is 144 Å². The van der Waals surface area contributed by atoms with E-state index in [9.17, 15) is 8.42 Å². The largest absolute Gasteiger partial charge is 0.491 e. The molecular formula is C16H25ClN2O3S. The summed E-state index contributed by atoms with van der Waals surface area (Å²) in [6, 6.07) is 7.02. The predicted molar refractivity (Wildman–Crippen MR) is 92.8 cm³/mol. The number of sulfonamides is 1. The van der Waals surface area contributed by atoms with Crippen molar-refractivity contribution in [2.75, 3.05) is 13.1 Å². The average Bonchev–Trinajstić information content (AvgIpc) is 2.72. The molecule has 1 aromatic rings. The van der Waals surface area contributed by atoms with Crippen LogP contribution in [0.3, 0.4) is 0 Å². The van der Waals surface area contributed by atoms with Gasteiger partial charge in [-0.25, -0.2) is 8.42 Å². The third kappa shape index (κ3) is 3.82. The van der Waals surface area contributed by atoms with Crippen molar-refractivity contribution in [3.8, 4) is 5.75 Å². The van der Waals surface area contributed by atoms with Crippen LogP contribution in [0.25, 0.3) is 0 Å². The lowest BCUT2D eigenvalue weighted by Gasteiger charge is -2.27. The molecule has 2 aliphatic heterocycles. The van der Waals surface area contributed by atoms with Crippen LogP contribution in [0.4, 0.5) is 0 Å². The summed E-state index contributed by atoms with van der Waals surface area (Å²) in [6.45, 7) is 5.55. The van der Waals surface area contributed by atoms with E-state index < -0.39 is 10.0 Å². The summed E-state index contributed by atoms with van der Waals surface area (Å²) in [7, 11) is -3.43. The van der Waals surface area contributed by atoms with Crippen molar-refractivity contribution in [2.45, 2.75) is 56.2 Å². The molecule has 2 atom stereocenters. The quantitative estimate of drug-likeness (QED) is 0.895. The van der Waals surface area contributed by atoms with Gasteiger partial charge in [-0.05, 0) is 63.9 Å². The first-order valence-electron chi connectivity index (χ1n) is 7.99. The van der Waals surface area contributed by atoms with Crippen molar-refractivity contribution in [2.24, 2.45) is 0 Å². The zero-order chi connectivity index (χ0) is 15.7. The van der Waals surface area contributed by atoms with Gasteiger partial charge in [0, 0.05) is 18.6 Å². The maximum atomic E-state index is 13.0. The van der Waals surface area contributed by atoms with E-state index in [0.717, 1.165) is 32.4 Å². The number of benzene rings is 1. The minimum atomic E-state index is -3.43. The summed E-state index contributed by atoms with van der Waals surface area (Å²) in [4.78, 5) is 0.363. The molecule has 2 saturated heterocycles. The lowest BCUT2D eigenvalue weighted by atomic mass is 10.1. The summed E-state index contributed by atoms with van der Waals surface area (Å²) in [5.41, 5.74) is 0. The number of nitrogens with zero attached hydrogens (tertiary/aromatic N) is 1. The first kappa shape index (κ1) is 18.5. The molecule has 1 N–H and O–H groups in total. The van der Waals surface area contributed by atoms with Crippen LogP contribution in [0, 0.1) is 0 Å². The first-order chi connectivity index (χ1) is 10.5. The Balaban J connectivity index is 0.00000192. The molecule has 7 heteroatoms. The Hall–Kier alpha value is -0.820. The monoisotopic (exact) mass is 360 g/mol.